The van der Waals surface area contributed by atoms with Gasteiger partial charge in [-0.3, -0.25) is 4.90 Å². The van der Waals surface area contributed by atoms with Crippen molar-refractivity contribution in [3.05, 3.63) is 23.8 Å². The third kappa shape index (κ3) is 2.42. The lowest BCUT2D eigenvalue weighted by Gasteiger charge is -2.15. The number of methoxy groups -OCH3 is 1. The highest BCUT2D eigenvalue weighted by Gasteiger charge is 2.12. The van der Waals surface area contributed by atoms with Gasteiger partial charge in [-0.1, -0.05) is 6.07 Å². The summed E-state index contributed by atoms with van der Waals surface area (Å²) >= 11 is 0. The van der Waals surface area contributed by atoms with Gasteiger partial charge >= 0.3 is 0 Å². The van der Waals surface area contributed by atoms with Crippen molar-refractivity contribution in [1.82, 2.24) is 4.90 Å². The van der Waals surface area contributed by atoms with Crippen LogP contribution < -0.4 is 10.5 Å². The molecule has 0 aliphatic carbocycles. The van der Waals surface area contributed by atoms with Crippen molar-refractivity contribution in [1.29, 1.82) is 0 Å². The van der Waals surface area contributed by atoms with Gasteiger partial charge in [0.15, 0.2) is 0 Å². The van der Waals surface area contributed by atoms with E-state index in [4.69, 9.17) is 10.5 Å². The molecule has 2 N–H and O–H groups in total. The Morgan fingerprint density at radius 2 is 2.07 bits per heavy atom. The van der Waals surface area contributed by atoms with Crippen molar-refractivity contribution < 1.29 is 4.74 Å². The zero-order valence-electron chi connectivity index (χ0n) is 9.20. The Hall–Kier alpha value is -1.22. The predicted octanol–water partition coefficient (Wildman–Crippen LogP) is 1.87. The van der Waals surface area contributed by atoms with Crippen LogP contribution in [-0.4, -0.2) is 25.1 Å². The van der Waals surface area contributed by atoms with E-state index in [2.05, 4.69) is 11.0 Å². The average molecular weight is 206 g/mol. The van der Waals surface area contributed by atoms with Crippen molar-refractivity contribution in [3.63, 3.8) is 0 Å². The van der Waals surface area contributed by atoms with Gasteiger partial charge in [0.2, 0.25) is 0 Å². The number of nitrogen functional groups attached to an aromatic ring is 1. The molecule has 82 valence electrons. The number of likely N-dealkylation sites (tertiary alicyclic amines) is 1. The number of anilines is 1. The van der Waals surface area contributed by atoms with Crippen LogP contribution in [0.1, 0.15) is 18.4 Å². The second-order valence-corrected chi connectivity index (χ2v) is 4.06. The van der Waals surface area contributed by atoms with E-state index < -0.39 is 0 Å². The Balaban J connectivity index is 2.05. The zero-order valence-corrected chi connectivity index (χ0v) is 9.20. The molecular weight excluding hydrogens is 188 g/mol. The van der Waals surface area contributed by atoms with Crippen molar-refractivity contribution >= 4 is 5.69 Å². The molecule has 1 fully saturated rings. The van der Waals surface area contributed by atoms with Gasteiger partial charge in [0.25, 0.3) is 0 Å². The van der Waals surface area contributed by atoms with E-state index in [1.807, 2.05) is 12.1 Å². The smallest absolute Gasteiger partial charge is 0.141 e. The Labute approximate surface area is 90.8 Å². The highest BCUT2D eigenvalue weighted by atomic mass is 16.5. The molecular formula is C12H18N2O. The lowest BCUT2D eigenvalue weighted by molar-refractivity contribution is 0.331. The summed E-state index contributed by atoms with van der Waals surface area (Å²) in [6.45, 7) is 3.44. The molecule has 1 aromatic carbocycles. The summed E-state index contributed by atoms with van der Waals surface area (Å²) in [6.07, 6.45) is 2.65. The van der Waals surface area contributed by atoms with Crippen LogP contribution in [-0.2, 0) is 6.54 Å². The summed E-state index contributed by atoms with van der Waals surface area (Å²) in [5, 5.41) is 0. The number of nitrogens with two attached hydrogens (primary N) is 1. The van der Waals surface area contributed by atoms with Crippen LogP contribution in [0.15, 0.2) is 18.2 Å². The first-order valence-electron chi connectivity index (χ1n) is 5.44. The third-order valence-electron chi connectivity index (χ3n) is 2.90. The fourth-order valence-corrected chi connectivity index (χ4v) is 2.08. The summed E-state index contributed by atoms with van der Waals surface area (Å²) in [6, 6.07) is 6.05. The first kappa shape index (κ1) is 10.3. The number of ether oxygens (including phenoxy) is 1. The lowest BCUT2D eigenvalue weighted by atomic mass is 10.2. The minimum atomic E-state index is 0.731. The van der Waals surface area contributed by atoms with Crippen LogP contribution in [0.25, 0.3) is 0 Å². The first-order valence-corrected chi connectivity index (χ1v) is 5.44. The predicted molar refractivity (Wildman–Crippen MR) is 61.9 cm³/mol. The second-order valence-electron chi connectivity index (χ2n) is 4.06. The number of benzene rings is 1. The molecule has 1 aliphatic heterocycles. The molecule has 1 aromatic rings. The van der Waals surface area contributed by atoms with Gasteiger partial charge in [0, 0.05) is 6.54 Å². The second kappa shape index (κ2) is 4.53. The van der Waals surface area contributed by atoms with Crippen LogP contribution >= 0.6 is 0 Å². The molecule has 0 aromatic heterocycles. The summed E-state index contributed by atoms with van der Waals surface area (Å²) in [4.78, 5) is 2.46. The Morgan fingerprint density at radius 3 is 2.67 bits per heavy atom. The molecule has 3 nitrogen and oxygen atoms in total. The maximum absolute atomic E-state index is 5.86. The molecule has 0 bridgehead atoms. The topological polar surface area (TPSA) is 38.5 Å². The van der Waals surface area contributed by atoms with E-state index >= 15 is 0 Å². The van der Waals surface area contributed by atoms with Crippen molar-refractivity contribution in [2.45, 2.75) is 19.4 Å². The minimum absolute atomic E-state index is 0.731. The molecule has 3 heteroatoms. The van der Waals surface area contributed by atoms with Crippen LogP contribution in [0.5, 0.6) is 5.75 Å². The highest BCUT2D eigenvalue weighted by molar-refractivity contribution is 5.54. The zero-order chi connectivity index (χ0) is 10.7. The van der Waals surface area contributed by atoms with Crippen LogP contribution in [0.2, 0.25) is 0 Å². The van der Waals surface area contributed by atoms with E-state index in [1.54, 1.807) is 7.11 Å². The lowest BCUT2D eigenvalue weighted by Crippen LogP contribution is -2.18. The average Bonchev–Trinajstić information content (AvgIpc) is 2.71. The monoisotopic (exact) mass is 206 g/mol. The molecule has 15 heavy (non-hydrogen) atoms. The quantitative estimate of drug-likeness (QED) is 0.767. The van der Waals surface area contributed by atoms with Gasteiger partial charge in [-0.25, -0.2) is 0 Å². The molecule has 0 amide bonds. The normalized spacial score (nSPS) is 16.9. The fourth-order valence-electron chi connectivity index (χ4n) is 2.08. The summed E-state index contributed by atoms with van der Waals surface area (Å²) < 4.78 is 5.13. The summed E-state index contributed by atoms with van der Waals surface area (Å²) in [5.74, 6) is 0.764. The minimum Gasteiger partial charge on any atom is -0.495 e. The van der Waals surface area contributed by atoms with Crippen LogP contribution in [0.4, 0.5) is 5.69 Å². The summed E-state index contributed by atoms with van der Waals surface area (Å²) in [5.41, 5.74) is 7.87. The van der Waals surface area contributed by atoms with Gasteiger partial charge in [0.1, 0.15) is 5.75 Å². The van der Waals surface area contributed by atoms with E-state index in [0.717, 1.165) is 18.0 Å². The van der Waals surface area contributed by atoms with Crippen LogP contribution in [0, 0.1) is 0 Å². The molecule has 0 atom stereocenters. The molecule has 0 spiro atoms. The number of hydrogen-bond acceptors (Lipinski definition) is 3. The van der Waals surface area contributed by atoms with E-state index in [1.165, 1.54) is 31.5 Å². The maximum Gasteiger partial charge on any atom is 0.141 e. The fraction of sp³-hybridized carbons (Fsp3) is 0.500. The molecule has 0 radical (unpaired) electrons. The third-order valence-corrected chi connectivity index (χ3v) is 2.90. The van der Waals surface area contributed by atoms with Gasteiger partial charge in [-0.2, -0.15) is 0 Å². The Bertz CT molecular complexity index is 332. The largest absolute Gasteiger partial charge is 0.495 e. The van der Waals surface area contributed by atoms with Gasteiger partial charge in [0.05, 0.1) is 12.8 Å². The maximum atomic E-state index is 5.86. The van der Waals surface area contributed by atoms with E-state index in [9.17, 15) is 0 Å². The molecule has 0 unspecified atom stereocenters. The molecule has 1 heterocycles. The van der Waals surface area contributed by atoms with Gasteiger partial charge < -0.3 is 10.5 Å². The number of rotatable bonds is 3. The van der Waals surface area contributed by atoms with Crippen LogP contribution in [0.3, 0.4) is 0 Å². The summed E-state index contributed by atoms with van der Waals surface area (Å²) in [7, 11) is 1.64. The van der Waals surface area contributed by atoms with Crippen molar-refractivity contribution in [3.8, 4) is 5.75 Å². The molecule has 1 saturated heterocycles. The Kier molecular flexibility index (Phi) is 3.11. The van der Waals surface area contributed by atoms with Gasteiger partial charge in [-0.15, -0.1) is 0 Å². The molecule has 2 rings (SSSR count). The standard InChI is InChI=1S/C12H18N2O/c1-15-12-5-4-10(8-11(12)13)9-14-6-2-3-7-14/h4-5,8H,2-3,6-7,9,13H2,1H3. The van der Waals surface area contributed by atoms with Crippen molar-refractivity contribution in [2.75, 3.05) is 25.9 Å². The van der Waals surface area contributed by atoms with Gasteiger partial charge in [-0.05, 0) is 43.6 Å². The molecule has 0 saturated carbocycles. The van der Waals surface area contributed by atoms with E-state index in [-0.39, 0.29) is 0 Å². The van der Waals surface area contributed by atoms with Crippen molar-refractivity contribution in [2.24, 2.45) is 0 Å². The number of hydrogen-bond donors (Lipinski definition) is 1. The first-order chi connectivity index (χ1) is 7.29. The molecule has 1 aliphatic rings. The number of nitrogens with zero attached hydrogens (tertiary/aromatic N) is 1. The van der Waals surface area contributed by atoms with E-state index in [0.29, 0.717) is 0 Å². The Morgan fingerprint density at radius 1 is 1.33 bits per heavy atom. The SMILES string of the molecule is COc1ccc(CN2CCCC2)cc1N. The highest BCUT2D eigenvalue weighted by Crippen LogP contribution is 2.23.